The van der Waals surface area contributed by atoms with Gasteiger partial charge in [0.15, 0.2) is 5.82 Å². The van der Waals surface area contributed by atoms with Gasteiger partial charge in [0.25, 0.3) is 0 Å². The Bertz CT molecular complexity index is 500. The zero-order chi connectivity index (χ0) is 12.4. The van der Waals surface area contributed by atoms with Crippen molar-refractivity contribution in [2.24, 2.45) is 7.05 Å². The molecule has 0 spiro atoms. The summed E-state index contributed by atoms with van der Waals surface area (Å²) < 4.78 is 2.97. The van der Waals surface area contributed by atoms with E-state index < -0.39 is 0 Å². The monoisotopic (exact) mass is 293 g/mol. The van der Waals surface area contributed by atoms with E-state index in [1.54, 1.807) is 0 Å². The fourth-order valence-corrected chi connectivity index (χ4v) is 2.08. The lowest BCUT2D eigenvalue weighted by molar-refractivity contribution is 0.653. The topological polar surface area (TPSA) is 30.7 Å². The van der Waals surface area contributed by atoms with Crippen molar-refractivity contribution in [2.75, 3.05) is 0 Å². The van der Waals surface area contributed by atoms with Crippen molar-refractivity contribution < 1.29 is 0 Å². The van der Waals surface area contributed by atoms with Gasteiger partial charge in [-0.2, -0.15) is 5.10 Å². The predicted molar refractivity (Wildman–Crippen MR) is 72.0 cm³/mol. The summed E-state index contributed by atoms with van der Waals surface area (Å²) in [6, 6.07) is 8.27. The molecule has 0 atom stereocenters. The summed E-state index contributed by atoms with van der Waals surface area (Å²) in [5, 5.41) is 4.44. The Morgan fingerprint density at radius 2 is 1.88 bits per heavy atom. The summed E-state index contributed by atoms with van der Waals surface area (Å²) in [5.74, 6) is 2.34. The van der Waals surface area contributed by atoms with Crippen molar-refractivity contribution in [1.82, 2.24) is 14.8 Å². The average Bonchev–Trinajstić information content (AvgIpc) is 2.63. The summed E-state index contributed by atoms with van der Waals surface area (Å²) in [4.78, 5) is 4.57. The highest BCUT2D eigenvalue weighted by Crippen LogP contribution is 2.15. The van der Waals surface area contributed by atoms with E-state index in [0.717, 1.165) is 22.5 Å². The van der Waals surface area contributed by atoms with Gasteiger partial charge in [0, 0.05) is 23.9 Å². The Morgan fingerprint density at radius 1 is 1.24 bits per heavy atom. The van der Waals surface area contributed by atoms with Gasteiger partial charge in [-0.25, -0.2) is 4.98 Å². The van der Waals surface area contributed by atoms with Gasteiger partial charge in [0.05, 0.1) is 0 Å². The Labute approximate surface area is 110 Å². The number of aryl methyl sites for hydroxylation is 1. The molecule has 90 valence electrons. The SMILES string of the molecule is CC(C)c1nc(Cc2ccc(Br)cc2)nn1C. The van der Waals surface area contributed by atoms with Gasteiger partial charge >= 0.3 is 0 Å². The third-order valence-electron chi connectivity index (χ3n) is 2.63. The van der Waals surface area contributed by atoms with Crippen LogP contribution in [0.2, 0.25) is 0 Å². The molecular weight excluding hydrogens is 278 g/mol. The van der Waals surface area contributed by atoms with Gasteiger partial charge in [0.2, 0.25) is 0 Å². The molecule has 0 bridgehead atoms. The Hall–Kier alpha value is -1.16. The standard InChI is InChI=1S/C13H16BrN3/c1-9(2)13-15-12(16-17(13)3)8-10-4-6-11(14)7-5-10/h4-7,9H,8H2,1-3H3. The van der Waals surface area contributed by atoms with Gasteiger partial charge < -0.3 is 0 Å². The van der Waals surface area contributed by atoms with Crippen molar-refractivity contribution in [2.45, 2.75) is 26.2 Å². The van der Waals surface area contributed by atoms with Gasteiger partial charge in [-0.05, 0) is 17.7 Å². The number of benzene rings is 1. The molecule has 4 heteroatoms. The largest absolute Gasteiger partial charge is 0.253 e. The van der Waals surface area contributed by atoms with E-state index in [0.29, 0.717) is 5.92 Å². The molecule has 0 aliphatic rings. The van der Waals surface area contributed by atoms with E-state index in [4.69, 9.17) is 0 Å². The molecule has 0 unspecified atom stereocenters. The number of rotatable bonds is 3. The number of nitrogens with zero attached hydrogens (tertiary/aromatic N) is 3. The molecule has 0 aliphatic carbocycles. The van der Waals surface area contributed by atoms with Crippen molar-refractivity contribution >= 4 is 15.9 Å². The number of hydrogen-bond acceptors (Lipinski definition) is 2. The van der Waals surface area contributed by atoms with E-state index in [1.165, 1.54) is 5.56 Å². The molecule has 0 fully saturated rings. The molecule has 0 saturated heterocycles. The molecule has 0 radical (unpaired) electrons. The van der Waals surface area contributed by atoms with Crippen molar-refractivity contribution in [3.05, 3.63) is 46.0 Å². The fraction of sp³-hybridized carbons (Fsp3) is 0.385. The number of halogens is 1. The maximum Gasteiger partial charge on any atom is 0.155 e. The maximum absolute atomic E-state index is 4.57. The maximum atomic E-state index is 4.57. The molecule has 0 saturated carbocycles. The molecule has 17 heavy (non-hydrogen) atoms. The minimum atomic E-state index is 0.408. The van der Waals surface area contributed by atoms with Gasteiger partial charge in [-0.15, -0.1) is 0 Å². The van der Waals surface area contributed by atoms with Gasteiger partial charge in [0.1, 0.15) is 5.82 Å². The summed E-state index contributed by atoms with van der Waals surface area (Å²) in [7, 11) is 1.95. The second-order valence-electron chi connectivity index (χ2n) is 4.47. The van der Waals surface area contributed by atoms with Crippen LogP contribution >= 0.6 is 15.9 Å². The Balaban J connectivity index is 2.19. The van der Waals surface area contributed by atoms with E-state index >= 15 is 0 Å². The van der Waals surface area contributed by atoms with Crippen LogP contribution in [-0.2, 0) is 13.5 Å². The highest BCUT2D eigenvalue weighted by Gasteiger charge is 2.10. The smallest absolute Gasteiger partial charge is 0.155 e. The molecule has 1 aromatic carbocycles. The summed E-state index contributed by atoms with van der Waals surface area (Å²) in [5.41, 5.74) is 1.23. The predicted octanol–water partition coefficient (Wildman–Crippen LogP) is 3.29. The number of hydrogen-bond donors (Lipinski definition) is 0. The first-order valence-corrected chi connectivity index (χ1v) is 6.50. The third-order valence-corrected chi connectivity index (χ3v) is 3.16. The summed E-state index contributed by atoms with van der Waals surface area (Å²) in [6.07, 6.45) is 0.786. The van der Waals surface area contributed by atoms with Crippen molar-refractivity contribution in [1.29, 1.82) is 0 Å². The van der Waals surface area contributed by atoms with Gasteiger partial charge in [-0.3, -0.25) is 4.68 Å². The van der Waals surface area contributed by atoms with Crippen LogP contribution < -0.4 is 0 Å². The van der Waals surface area contributed by atoms with Crippen LogP contribution in [0.1, 0.15) is 37.0 Å². The molecule has 1 aromatic heterocycles. The Kier molecular flexibility index (Phi) is 3.62. The second kappa shape index (κ2) is 5.00. The molecular formula is C13H16BrN3. The van der Waals surface area contributed by atoms with Crippen LogP contribution in [0.25, 0.3) is 0 Å². The zero-order valence-corrected chi connectivity index (χ0v) is 11.9. The molecule has 0 aliphatic heterocycles. The van der Waals surface area contributed by atoms with Gasteiger partial charge in [-0.1, -0.05) is 41.9 Å². The fourth-order valence-electron chi connectivity index (χ4n) is 1.81. The highest BCUT2D eigenvalue weighted by atomic mass is 79.9. The van der Waals surface area contributed by atoms with Crippen molar-refractivity contribution in [3.8, 4) is 0 Å². The lowest BCUT2D eigenvalue weighted by Crippen LogP contribution is -2.00. The van der Waals surface area contributed by atoms with Crippen LogP contribution in [0.5, 0.6) is 0 Å². The first-order chi connectivity index (χ1) is 8.06. The third kappa shape index (κ3) is 2.94. The van der Waals surface area contributed by atoms with E-state index in [9.17, 15) is 0 Å². The van der Waals surface area contributed by atoms with E-state index in [1.807, 2.05) is 23.9 Å². The lowest BCUT2D eigenvalue weighted by atomic mass is 10.1. The molecule has 0 N–H and O–H groups in total. The summed E-state index contributed by atoms with van der Waals surface area (Å²) in [6.45, 7) is 4.26. The molecule has 0 amide bonds. The molecule has 3 nitrogen and oxygen atoms in total. The van der Waals surface area contributed by atoms with Crippen LogP contribution in [0, 0.1) is 0 Å². The minimum absolute atomic E-state index is 0.408. The van der Waals surface area contributed by atoms with Crippen molar-refractivity contribution in [3.63, 3.8) is 0 Å². The first kappa shape index (κ1) is 12.3. The molecule has 2 rings (SSSR count). The second-order valence-corrected chi connectivity index (χ2v) is 5.38. The van der Waals surface area contributed by atoms with Crippen LogP contribution in [-0.4, -0.2) is 14.8 Å². The minimum Gasteiger partial charge on any atom is -0.253 e. The molecule has 1 heterocycles. The van der Waals surface area contributed by atoms with E-state index in [2.05, 4.69) is 52.0 Å². The molecule has 2 aromatic rings. The highest BCUT2D eigenvalue weighted by molar-refractivity contribution is 9.10. The summed E-state index contributed by atoms with van der Waals surface area (Å²) >= 11 is 3.43. The Morgan fingerprint density at radius 3 is 2.41 bits per heavy atom. The lowest BCUT2D eigenvalue weighted by Gasteiger charge is -2.00. The first-order valence-electron chi connectivity index (χ1n) is 5.70. The van der Waals surface area contributed by atoms with Crippen LogP contribution in [0.4, 0.5) is 0 Å². The van der Waals surface area contributed by atoms with Crippen LogP contribution in [0.15, 0.2) is 28.7 Å². The number of aromatic nitrogens is 3. The quantitative estimate of drug-likeness (QED) is 0.869. The normalized spacial score (nSPS) is 11.1. The van der Waals surface area contributed by atoms with Crippen LogP contribution in [0.3, 0.4) is 0 Å². The van der Waals surface area contributed by atoms with E-state index in [-0.39, 0.29) is 0 Å². The average molecular weight is 294 g/mol. The zero-order valence-electron chi connectivity index (χ0n) is 10.3.